The van der Waals surface area contributed by atoms with Crippen LogP contribution in [0.4, 0.5) is 22.7 Å². The molecule has 0 saturated heterocycles. The number of thiocarbonyl (C=S) groups is 2. The van der Waals surface area contributed by atoms with Crippen LogP contribution in [-0.2, 0) is 0 Å². The van der Waals surface area contributed by atoms with Gasteiger partial charge in [0.15, 0.2) is 10.2 Å². The Kier molecular flexibility index (Phi) is 6.35. The number of nitrogens with one attached hydrogen (secondary N) is 4. The number of rotatable bonds is 4. The van der Waals surface area contributed by atoms with E-state index >= 15 is 0 Å². The molecule has 4 nitrogen and oxygen atoms in total. The molecule has 0 spiro atoms. The fourth-order valence-electron chi connectivity index (χ4n) is 2.52. The summed E-state index contributed by atoms with van der Waals surface area (Å²) in [4.78, 5) is 0. The van der Waals surface area contributed by atoms with Crippen LogP contribution in [-0.4, -0.2) is 10.2 Å². The molecular weight excluding hydrogens is 372 g/mol. The van der Waals surface area contributed by atoms with Crippen molar-refractivity contribution in [2.24, 2.45) is 0 Å². The van der Waals surface area contributed by atoms with Crippen molar-refractivity contribution in [3.05, 3.63) is 84.4 Å². The van der Waals surface area contributed by atoms with Crippen LogP contribution in [0.3, 0.4) is 0 Å². The van der Waals surface area contributed by atoms with Gasteiger partial charge in [0.25, 0.3) is 0 Å². The van der Waals surface area contributed by atoms with Crippen molar-refractivity contribution in [3.63, 3.8) is 0 Å². The zero-order valence-electron chi connectivity index (χ0n) is 14.8. The third kappa shape index (κ3) is 5.51. The minimum absolute atomic E-state index is 0.534. The van der Waals surface area contributed by atoms with Crippen LogP contribution in [0.25, 0.3) is 0 Å². The molecule has 136 valence electrons. The molecule has 6 heteroatoms. The number of benzene rings is 3. The number of anilines is 4. The maximum absolute atomic E-state index is 5.41. The van der Waals surface area contributed by atoms with Crippen molar-refractivity contribution in [1.29, 1.82) is 0 Å². The first kappa shape index (κ1) is 18.8. The zero-order valence-corrected chi connectivity index (χ0v) is 16.5. The molecule has 27 heavy (non-hydrogen) atoms. The molecule has 0 amide bonds. The van der Waals surface area contributed by atoms with Crippen molar-refractivity contribution in [3.8, 4) is 0 Å². The molecule has 0 unspecified atom stereocenters. The molecule has 0 fully saturated rings. The summed E-state index contributed by atoms with van der Waals surface area (Å²) in [5, 5.41) is 13.9. The summed E-state index contributed by atoms with van der Waals surface area (Å²) in [5.41, 5.74) is 4.73. The largest absolute Gasteiger partial charge is 0.332 e. The van der Waals surface area contributed by atoms with E-state index in [4.69, 9.17) is 24.4 Å². The molecule has 0 aliphatic carbocycles. The van der Waals surface area contributed by atoms with Crippen molar-refractivity contribution in [2.75, 3.05) is 21.3 Å². The summed E-state index contributed by atoms with van der Waals surface area (Å²) in [6, 6.07) is 25.5. The van der Waals surface area contributed by atoms with Crippen LogP contribution >= 0.6 is 24.4 Å². The van der Waals surface area contributed by atoms with Gasteiger partial charge in [0.05, 0.1) is 0 Å². The van der Waals surface area contributed by atoms with E-state index in [-0.39, 0.29) is 0 Å². The molecule has 0 saturated carbocycles. The summed E-state index contributed by atoms with van der Waals surface area (Å²) in [5.74, 6) is 0. The summed E-state index contributed by atoms with van der Waals surface area (Å²) < 4.78 is 0. The number of para-hydroxylation sites is 2. The highest BCUT2D eigenvalue weighted by molar-refractivity contribution is 7.81. The second kappa shape index (κ2) is 9.12. The Morgan fingerprint density at radius 3 is 1.37 bits per heavy atom. The third-order valence-electron chi connectivity index (χ3n) is 3.89. The van der Waals surface area contributed by atoms with Gasteiger partial charge >= 0.3 is 0 Å². The topological polar surface area (TPSA) is 48.1 Å². The van der Waals surface area contributed by atoms with E-state index in [0.717, 1.165) is 28.3 Å². The van der Waals surface area contributed by atoms with E-state index in [1.165, 1.54) is 0 Å². The van der Waals surface area contributed by atoms with Gasteiger partial charge in [0.1, 0.15) is 0 Å². The van der Waals surface area contributed by atoms with E-state index in [2.05, 4.69) is 21.3 Å². The average molecular weight is 393 g/mol. The minimum Gasteiger partial charge on any atom is -0.332 e. The quantitative estimate of drug-likeness (QED) is 0.433. The van der Waals surface area contributed by atoms with Crippen LogP contribution in [0.1, 0.15) is 5.56 Å². The summed E-state index contributed by atoms with van der Waals surface area (Å²) in [6.07, 6.45) is 0. The molecule has 3 rings (SSSR count). The first-order valence-electron chi connectivity index (χ1n) is 8.47. The summed E-state index contributed by atoms with van der Waals surface area (Å²) in [7, 11) is 0. The predicted octanol–water partition coefficient (Wildman–Crippen LogP) is 5.61. The van der Waals surface area contributed by atoms with Gasteiger partial charge in [-0.3, -0.25) is 0 Å². The van der Waals surface area contributed by atoms with E-state index in [0.29, 0.717) is 10.2 Å². The Labute approximate surface area is 170 Å². The highest BCUT2D eigenvalue weighted by Gasteiger charge is 2.07. The Morgan fingerprint density at radius 1 is 0.556 bits per heavy atom. The van der Waals surface area contributed by atoms with Crippen LogP contribution in [0.15, 0.2) is 78.9 Å². The van der Waals surface area contributed by atoms with Gasteiger partial charge in [-0.1, -0.05) is 42.5 Å². The van der Waals surface area contributed by atoms with Gasteiger partial charge in [-0.05, 0) is 73.3 Å². The van der Waals surface area contributed by atoms with E-state index in [1.807, 2.05) is 85.8 Å². The van der Waals surface area contributed by atoms with Gasteiger partial charge in [-0.15, -0.1) is 0 Å². The minimum atomic E-state index is 0.534. The lowest BCUT2D eigenvalue weighted by Crippen LogP contribution is -2.21. The molecule has 3 aromatic rings. The Hall–Kier alpha value is -2.96. The second-order valence-electron chi connectivity index (χ2n) is 5.87. The van der Waals surface area contributed by atoms with Gasteiger partial charge in [0.2, 0.25) is 0 Å². The fraction of sp³-hybridized carbons (Fsp3) is 0.0476. The molecule has 0 aliphatic rings. The third-order valence-corrected chi connectivity index (χ3v) is 4.30. The molecule has 0 heterocycles. The standard InChI is InChI=1S/C21H20N4S2/c1-15-18(24-20(26)22-16-9-4-2-5-10-16)13-8-14-19(15)25-21(27)23-17-11-6-3-7-12-17/h2-14H,1H3,(H2,22,24,26)(H2,23,25,27). The van der Waals surface area contributed by atoms with E-state index in [1.54, 1.807) is 0 Å². The lowest BCUT2D eigenvalue weighted by atomic mass is 10.1. The molecule has 0 bridgehead atoms. The fourth-order valence-corrected chi connectivity index (χ4v) is 2.97. The van der Waals surface area contributed by atoms with Crippen molar-refractivity contribution < 1.29 is 0 Å². The lowest BCUT2D eigenvalue weighted by Gasteiger charge is -2.17. The molecule has 0 aliphatic heterocycles. The van der Waals surface area contributed by atoms with Crippen LogP contribution < -0.4 is 21.3 Å². The van der Waals surface area contributed by atoms with Gasteiger partial charge in [-0.2, -0.15) is 0 Å². The lowest BCUT2D eigenvalue weighted by molar-refractivity contribution is 1.44. The predicted molar refractivity (Wildman–Crippen MR) is 124 cm³/mol. The molecule has 0 radical (unpaired) electrons. The molecular formula is C21H20N4S2. The van der Waals surface area contributed by atoms with Crippen LogP contribution in [0.2, 0.25) is 0 Å². The second-order valence-corrected chi connectivity index (χ2v) is 6.68. The molecule has 0 aromatic heterocycles. The molecule has 4 N–H and O–H groups in total. The van der Waals surface area contributed by atoms with Crippen molar-refractivity contribution >= 4 is 57.4 Å². The van der Waals surface area contributed by atoms with Gasteiger partial charge in [-0.25, -0.2) is 0 Å². The number of hydrogen-bond donors (Lipinski definition) is 4. The first-order valence-corrected chi connectivity index (χ1v) is 9.29. The maximum Gasteiger partial charge on any atom is 0.175 e. The monoisotopic (exact) mass is 392 g/mol. The van der Waals surface area contributed by atoms with Crippen LogP contribution in [0.5, 0.6) is 0 Å². The highest BCUT2D eigenvalue weighted by Crippen LogP contribution is 2.24. The van der Waals surface area contributed by atoms with Gasteiger partial charge in [0, 0.05) is 22.7 Å². The molecule has 0 atom stereocenters. The normalized spacial score (nSPS) is 9.96. The highest BCUT2D eigenvalue weighted by atomic mass is 32.1. The summed E-state index contributed by atoms with van der Waals surface area (Å²) in [6.45, 7) is 2.01. The first-order chi connectivity index (χ1) is 13.1. The molecule has 3 aromatic carbocycles. The summed E-state index contributed by atoms with van der Waals surface area (Å²) >= 11 is 10.8. The Balaban J connectivity index is 1.64. The van der Waals surface area contributed by atoms with Crippen molar-refractivity contribution in [1.82, 2.24) is 0 Å². The number of hydrogen-bond acceptors (Lipinski definition) is 2. The average Bonchev–Trinajstić information content (AvgIpc) is 2.66. The van der Waals surface area contributed by atoms with E-state index in [9.17, 15) is 0 Å². The Bertz CT molecular complexity index is 854. The zero-order chi connectivity index (χ0) is 19.1. The van der Waals surface area contributed by atoms with Crippen LogP contribution in [0, 0.1) is 6.92 Å². The SMILES string of the molecule is Cc1c(NC(=S)Nc2ccccc2)cccc1NC(=S)Nc1ccccc1. The van der Waals surface area contributed by atoms with Gasteiger partial charge < -0.3 is 21.3 Å². The maximum atomic E-state index is 5.41. The Morgan fingerprint density at radius 2 is 0.963 bits per heavy atom. The van der Waals surface area contributed by atoms with E-state index < -0.39 is 0 Å². The van der Waals surface area contributed by atoms with Crippen molar-refractivity contribution in [2.45, 2.75) is 6.92 Å². The smallest absolute Gasteiger partial charge is 0.175 e.